The average molecular weight is 372 g/mol. The van der Waals surface area contributed by atoms with E-state index in [2.05, 4.69) is 10.0 Å². The second kappa shape index (κ2) is 8.82. The monoisotopic (exact) mass is 372 g/mol. The maximum absolute atomic E-state index is 12.6. The Bertz CT molecular complexity index is 730. The molecule has 3 N–H and O–H groups in total. The van der Waals surface area contributed by atoms with Gasteiger partial charge in [-0.3, -0.25) is 9.59 Å². The lowest BCUT2D eigenvalue weighted by atomic mass is 9.98. The van der Waals surface area contributed by atoms with Gasteiger partial charge in [0, 0.05) is 19.2 Å². The van der Waals surface area contributed by atoms with Crippen molar-refractivity contribution in [3.63, 3.8) is 0 Å². The Morgan fingerprint density at radius 2 is 1.92 bits per heavy atom. The molecule has 0 saturated heterocycles. The lowest BCUT2D eigenvalue weighted by Crippen LogP contribution is -2.34. The Morgan fingerprint density at radius 1 is 1.28 bits per heavy atom. The van der Waals surface area contributed by atoms with Crippen LogP contribution in [-0.2, 0) is 19.6 Å². The zero-order valence-corrected chi connectivity index (χ0v) is 15.5. The summed E-state index contributed by atoms with van der Waals surface area (Å²) in [5.41, 5.74) is 0.297. The first kappa shape index (κ1) is 20.9. The molecule has 140 valence electrons. The second-order valence-corrected chi connectivity index (χ2v) is 7.80. The molecular weight excluding hydrogens is 348 g/mol. The molecule has 1 unspecified atom stereocenters. The number of hydrogen-bond donors (Lipinski definition) is 3. The van der Waals surface area contributed by atoms with Crippen LogP contribution in [0.1, 0.15) is 27.2 Å². The predicted molar refractivity (Wildman–Crippen MR) is 93.1 cm³/mol. The number of anilines is 1. The van der Waals surface area contributed by atoms with Crippen LogP contribution in [0.3, 0.4) is 0 Å². The van der Waals surface area contributed by atoms with Crippen molar-refractivity contribution in [1.29, 1.82) is 0 Å². The molecule has 0 heterocycles. The van der Waals surface area contributed by atoms with Crippen molar-refractivity contribution in [1.82, 2.24) is 4.72 Å². The molecule has 0 aromatic heterocycles. The molecule has 0 saturated carbocycles. The highest BCUT2D eigenvalue weighted by atomic mass is 32.2. The Labute approximate surface area is 147 Å². The summed E-state index contributed by atoms with van der Waals surface area (Å²) in [4.78, 5) is 22.3. The Morgan fingerprint density at radius 3 is 2.40 bits per heavy atom. The maximum atomic E-state index is 12.6. The SMILES string of the molecule is COc1ccc(NC(C)=O)cc1S(=O)(=O)NCC(CC(C)C)C(=O)O. The number of nitrogens with one attached hydrogen (secondary N) is 2. The third-order valence-electron chi connectivity index (χ3n) is 3.40. The lowest BCUT2D eigenvalue weighted by molar-refractivity contribution is -0.142. The number of benzene rings is 1. The number of aliphatic carboxylic acids is 1. The van der Waals surface area contributed by atoms with Gasteiger partial charge in [0.2, 0.25) is 15.9 Å². The number of amides is 1. The van der Waals surface area contributed by atoms with E-state index in [0.717, 1.165) is 0 Å². The van der Waals surface area contributed by atoms with Gasteiger partial charge in [-0.25, -0.2) is 13.1 Å². The topological polar surface area (TPSA) is 122 Å². The molecule has 1 atom stereocenters. The first-order valence-electron chi connectivity index (χ1n) is 7.75. The van der Waals surface area contributed by atoms with E-state index in [-0.39, 0.29) is 29.0 Å². The van der Waals surface area contributed by atoms with Crippen LogP contribution >= 0.6 is 0 Å². The van der Waals surface area contributed by atoms with Gasteiger partial charge in [0.15, 0.2) is 0 Å². The van der Waals surface area contributed by atoms with Crippen molar-refractivity contribution in [2.75, 3.05) is 19.0 Å². The Kier molecular flexibility index (Phi) is 7.38. The standard InChI is InChI=1S/C16H24N2O6S/c1-10(2)7-12(16(20)21)9-17-25(22,23)15-8-13(18-11(3)19)5-6-14(15)24-4/h5-6,8,10,12,17H,7,9H2,1-4H3,(H,18,19)(H,20,21). The summed E-state index contributed by atoms with van der Waals surface area (Å²) in [5.74, 6) is -2.03. The molecule has 1 amide bonds. The summed E-state index contributed by atoms with van der Waals surface area (Å²) in [5, 5.41) is 11.7. The van der Waals surface area contributed by atoms with Crippen LogP contribution in [0, 0.1) is 11.8 Å². The van der Waals surface area contributed by atoms with Crippen molar-refractivity contribution >= 4 is 27.6 Å². The van der Waals surface area contributed by atoms with E-state index in [1.807, 2.05) is 13.8 Å². The second-order valence-electron chi connectivity index (χ2n) is 6.06. The van der Waals surface area contributed by atoms with Gasteiger partial charge in [-0.1, -0.05) is 13.8 Å². The Hall–Kier alpha value is -2.13. The molecule has 0 aliphatic carbocycles. The van der Waals surface area contributed by atoms with E-state index < -0.39 is 21.9 Å². The minimum atomic E-state index is -4.02. The fourth-order valence-electron chi connectivity index (χ4n) is 2.30. The van der Waals surface area contributed by atoms with E-state index in [9.17, 15) is 23.1 Å². The van der Waals surface area contributed by atoms with Gasteiger partial charge in [0.1, 0.15) is 10.6 Å². The van der Waals surface area contributed by atoms with Gasteiger partial charge in [-0.15, -0.1) is 0 Å². The largest absolute Gasteiger partial charge is 0.495 e. The highest BCUT2D eigenvalue weighted by Gasteiger charge is 2.25. The van der Waals surface area contributed by atoms with Crippen molar-refractivity contribution in [3.05, 3.63) is 18.2 Å². The number of carboxylic acid groups (broad SMARTS) is 1. The van der Waals surface area contributed by atoms with Gasteiger partial charge >= 0.3 is 5.97 Å². The van der Waals surface area contributed by atoms with Crippen molar-refractivity contribution < 1.29 is 27.9 Å². The maximum Gasteiger partial charge on any atom is 0.307 e. The third kappa shape index (κ3) is 6.35. The number of rotatable bonds is 9. The molecule has 1 aromatic rings. The van der Waals surface area contributed by atoms with Crippen molar-refractivity contribution in [2.24, 2.45) is 11.8 Å². The number of sulfonamides is 1. The molecule has 0 aliphatic rings. The highest BCUT2D eigenvalue weighted by molar-refractivity contribution is 7.89. The summed E-state index contributed by atoms with van der Waals surface area (Å²) in [7, 11) is -2.69. The minimum absolute atomic E-state index is 0.0948. The molecule has 0 bridgehead atoms. The molecule has 0 fully saturated rings. The lowest BCUT2D eigenvalue weighted by Gasteiger charge is -2.17. The van der Waals surface area contributed by atoms with E-state index >= 15 is 0 Å². The van der Waals surface area contributed by atoms with E-state index in [4.69, 9.17) is 4.74 Å². The van der Waals surface area contributed by atoms with Gasteiger partial charge in [0.25, 0.3) is 0 Å². The van der Waals surface area contributed by atoms with Gasteiger partial charge in [-0.05, 0) is 30.5 Å². The van der Waals surface area contributed by atoms with Crippen LogP contribution in [0.25, 0.3) is 0 Å². The van der Waals surface area contributed by atoms with E-state index in [0.29, 0.717) is 12.1 Å². The highest BCUT2D eigenvalue weighted by Crippen LogP contribution is 2.27. The number of carbonyl (C=O) groups is 2. The Balaban J connectivity index is 3.07. The fourth-order valence-corrected chi connectivity index (χ4v) is 3.57. The number of carboxylic acids is 1. The first-order valence-corrected chi connectivity index (χ1v) is 9.23. The van der Waals surface area contributed by atoms with Crippen LogP contribution in [-0.4, -0.2) is 39.1 Å². The van der Waals surface area contributed by atoms with Gasteiger partial charge in [0.05, 0.1) is 13.0 Å². The number of hydrogen-bond acceptors (Lipinski definition) is 5. The number of methoxy groups -OCH3 is 1. The van der Waals surface area contributed by atoms with Crippen LogP contribution in [0.15, 0.2) is 23.1 Å². The quantitative estimate of drug-likeness (QED) is 0.606. The van der Waals surface area contributed by atoms with E-state index in [1.165, 1.54) is 32.2 Å². The summed E-state index contributed by atoms with van der Waals surface area (Å²) in [6, 6.07) is 4.20. The minimum Gasteiger partial charge on any atom is -0.495 e. The molecule has 8 nitrogen and oxygen atoms in total. The summed E-state index contributed by atoms with van der Waals surface area (Å²) in [6.45, 7) is 4.80. The van der Waals surface area contributed by atoms with Crippen LogP contribution in [0.2, 0.25) is 0 Å². The average Bonchev–Trinajstić information content (AvgIpc) is 2.50. The first-order chi connectivity index (χ1) is 11.6. The number of ether oxygens (including phenoxy) is 1. The molecule has 0 spiro atoms. The number of carbonyl (C=O) groups excluding carboxylic acids is 1. The molecule has 1 aromatic carbocycles. The zero-order chi connectivity index (χ0) is 19.2. The molecule has 25 heavy (non-hydrogen) atoms. The van der Waals surface area contributed by atoms with Crippen LogP contribution in [0.4, 0.5) is 5.69 Å². The van der Waals surface area contributed by atoms with Crippen LogP contribution in [0.5, 0.6) is 5.75 Å². The van der Waals surface area contributed by atoms with Crippen molar-refractivity contribution in [3.8, 4) is 5.75 Å². The summed E-state index contributed by atoms with van der Waals surface area (Å²) < 4.78 is 32.5. The van der Waals surface area contributed by atoms with Crippen LogP contribution < -0.4 is 14.8 Å². The third-order valence-corrected chi connectivity index (χ3v) is 4.84. The molecular formula is C16H24N2O6S. The summed E-state index contributed by atoms with van der Waals surface area (Å²) in [6.07, 6.45) is 0.348. The van der Waals surface area contributed by atoms with E-state index in [1.54, 1.807) is 0 Å². The molecule has 1 rings (SSSR count). The molecule has 0 aliphatic heterocycles. The van der Waals surface area contributed by atoms with Gasteiger partial charge < -0.3 is 15.2 Å². The summed E-state index contributed by atoms with van der Waals surface area (Å²) >= 11 is 0. The normalized spacial score (nSPS) is 12.7. The van der Waals surface area contributed by atoms with Gasteiger partial charge in [-0.2, -0.15) is 0 Å². The smallest absolute Gasteiger partial charge is 0.307 e. The molecule has 9 heteroatoms. The predicted octanol–water partition coefficient (Wildman–Crippen LogP) is 1.68. The van der Waals surface area contributed by atoms with Crippen molar-refractivity contribution in [2.45, 2.75) is 32.1 Å². The zero-order valence-electron chi connectivity index (χ0n) is 14.7. The molecule has 0 radical (unpaired) electrons. The fraction of sp³-hybridized carbons (Fsp3) is 0.500.